The van der Waals surface area contributed by atoms with E-state index in [0.29, 0.717) is 66.3 Å². The van der Waals surface area contributed by atoms with Crippen LogP contribution in [0.4, 0.5) is 45.0 Å². The van der Waals surface area contributed by atoms with Crippen molar-refractivity contribution >= 4 is 63.9 Å². The summed E-state index contributed by atoms with van der Waals surface area (Å²) in [4.78, 5) is 62.4. The number of urea groups is 1. The first kappa shape index (κ1) is 46.1. The number of carbonyl (C=O) groups excluding carboxylic acids is 3. The fourth-order valence-electron chi connectivity index (χ4n) is 9.22. The number of phenols is 2. The quantitative estimate of drug-likeness (QED) is 0.0783. The molecule has 67 heavy (non-hydrogen) atoms. The minimum absolute atomic E-state index is 0.0516. The largest absolute Gasteiger partial charge is 0.508 e. The lowest BCUT2D eigenvalue weighted by atomic mass is 9.94. The van der Waals surface area contributed by atoms with Crippen molar-refractivity contribution in [2.75, 3.05) is 91.5 Å². The molecule has 5 aromatic rings. The second-order valence-corrected chi connectivity index (χ2v) is 17.6. The number of nitrogens with zero attached hydrogens (tertiary/aromatic N) is 9. The monoisotopic (exact) mass is 909 g/mol. The number of amidine groups is 1. The molecule has 4 heterocycles. The molecule has 1 aromatic heterocycles. The highest BCUT2D eigenvalue weighted by Crippen LogP contribution is 2.41. The summed E-state index contributed by atoms with van der Waals surface area (Å²) in [7, 11) is 5.54. The number of nitrogens with two attached hydrogens (primary N) is 1. The van der Waals surface area contributed by atoms with E-state index in [1.165, 1.54) is 12.1 Å². The number of hydrogen-bond acceptors (Lipinski definition) is 13. The van der Waals surface area contributed by atoms with Gasteiger partial charge in [0.2, 0.25) is 11.9 Å². The van der Waals surface area contributed by atoms with Crippen LogP contribution in [0.25, 0.3) is 0 Å². The van der Waals surface area contributed by atoms with E-state index in [1.807, 2.05) is 98.1 Å². The van der Waals surface area contributed by atoms with Crippen LogP contribution < -0.4 is 35.0 Å². The zero-order valence-electron chi connectivity index (χ0n) is 38.9. The molecule has 3 aliphatic rings. The van der Waals surface area contributed by atoms with E-state index in [0.717, 1.165) is 66.5 Å². The van der Waals surface area contributed by atoms with E-state index >= 15 is 0 Å². The molecule has 5 N–H and O–H groups in total. The van der Waals surface area contributed by atoms with Gasteiger partial charge in [-0.15, -0.1) is 0 Å². The number of hydrogen-bond donors (Lipinski definition) is 4. The number of fused-ring (bicyclic) bond motifs is 2. The summed E-state index contributed by atoms with van der Waals surface area (Å²) in [5.41, 5.74) is 11.5. The van der Waals surface area contributed by atoms with Gasteiger partial charge in [-0.25, -0.2) is 14.7 Å². The summed E-state index contributed by atoms with van der Waals surface area (Å²) in [5.74, 6) is 0.994. The molecule has 0 spiro atoms. The first-order valence-corrected chi connectivity index (χ1v) is 22.7. The third-order valence-corrected chi connectivity index (χ3v) is 13.1. The van der Waals surface area contributed by atoms with Gasteiger partial charge >= 0.3 is 6.03 Å². The van der Waals surface area contributed by atoms with Crippen LogP contribution >= 0.6 is 0 Å². The maximum atomic E-state index is 13.8. The van der Waals surface area contributed by atoms with Gasteiger partial charge < -0.3 is 45.2 Å². The Hall–Kier alpha value is -7.40. The zero-order chi connectivity index (χ0) is 47.7. The van der Waals surface area contributed by atoms with Crippen LogP contribution in [0.2, 0.25) is 0 Å². The highest BCUT2D eigenvalue weighted by molar-refractivity contribution is 6.22. The molecule has 3 aliphatic heterocycles. The predicted octanol–water partition coefficient (Wildman–Crippen LogP) is 7.01. The minimum atomic E-state index is -0.875. The third-order valence-electron chi connectivity index (χ3n) is 13.1. The molecule has 4 amide bonds. The van der Waals surface area contributed by atoms with Crippen molar-refractivity contribution in [3.05, 3.63) is 107 Å². The molecule has 4 aromatic carbocycles. The standard InChI is InChI=1S/C50H59N11O6/c1-7-67-44-26-35(16-17-40(44)57(6)50-53-29-41-46(54-50)55(4)39-11-9-8-10-36(39)48(65)56(41)5)59-20-18-33(19-21-59)47(64)60-24-22-58(23-25-60)30-32-12-14-34(15-13-32)61(49(52)66)45(51)38-27-37(31(2)3)42(62)28-43(38)63/h8-17,26-29,31,33,51,62-63H,7,18-25,30H2,1-6H3,(H2,52,66). The molecule has 0 unspecified atom stereocenters. The predicted molar refractivity (Wildman–Crippen MR) is 261 cm³/mol. The van der Waals surface area contributed by atoms with Gasteiger partial charge in [0.05, 0.1) is 41.0 Å². The molecule has 17 nitrogen and oxygen atoms in total. The van der Waals surface area contributed by atoms with Crippen LogP contribution in [-0.2, 0) is 11.3 Å². The van der Waals surface area contributed by atoms with Crippen molar-refractivity contribution in [3.63, 3.8) is 0 Å². The van der Waals surface area contributed by atoms with Gasteiger partial charge in [-0.05, 0) is 79.3 Å². The Labute approximate surface area is 391 Å². The Kier molecular flexibility index (Phi) is 13.2. The number of benzene rings is 4. The number of carbonyl (C=O) groups is 3. The number of piperidine rings is 1. The van der Waals surface area contributed by atoms with Crippen LogP contribution in [0.5, 0.6) is 17.2 Å². The summed E-state index contributed by atoms with van der Waals surface area (Å²) in [6.07, 6.45) is 3.18. The van der Waals surface area contributed by atoms with E-state index < -0.39 is 6.03 Å². The molecule has 350 valence electrons. The molecule has 0 atom stereocenters. The van der Waals surface area contributed by atoms with Gasteiger partial charge in [0.25, 0.3) is 5.91 Å². The second-order valence-electron chi connectivity index (χ2n) is 17.6. The number of ether oxygens (including phenoxy) is 1. The first-order chi connectivity index (χ1) is 32.1. The smallest absolute Gasteiger partial charge is 0.325 e. The van der Waals surface area contributed by atoms with E-state index in [9.17, 15) is 24.6 Å². The van der Waals surface area contributed by atoms with Gasteiger partial charge in [-0.2, -0.15) is 4.98 Å². The summed E-state index contributed by atoms with van der Waals surface area (Å²) in [6, 6.07) is 22.7. The van der Waals surface area contributed by atoms with Crippen molar-refractivity contribution < 1.29 is 29.3 Å². The number of phenolic OH excluding ortho intramolecular Hbond substituents is 2. The maximum Gasteiger partial charge on any atom is 0.325 e. The average Bonchev–Trinajstić information content (AvgIpc) is 3.40. The van der Waals surface area contributed by atoms with Gasteiger partial charge in [-0.1, -0.05) is 38.1 Å². The summed E-state index contributed by atoms with van der Waals surface area (Å²) >= 11 is 0. The highest BCUT2D eigenvalue weighted by Gasteiger charge is 2.33. The normalized spacial score (nSPS) is 15.5. The van der Waals surface area contributed by atoms with Crippen LogP contribution in [-0.4, -0.2) is 121 Å². The summed E-state index contributed by atoms with van der Waals surface area (Å²) in [6.45, 7) is 11.0. The lowest BCUT2D eigenvalue weighted by Crippen LogP contribution is -2.51. The number of anilines is 7. The Morgan fingerprint density at radius 3 is 2.27 bits per heavy atom. The van der Waals surface area contributed by atoms with Crippen molar-refractivity contribution in [2.24, 2.45) is 11.7 Å². The molecular formula is C50H59N11O6. The molecule has 0 radical (unpaired) electrons. The molecule has 8 rings (SSSR count). The molecule has 2 fully saturated rings. The molecule has 0 saturated carbocycles. The number of aromatic hydroxyl groups is 2. The van der Waals surface area contributed by atoms with Crippen LogP contribution in [0, 0.1) is 11.3 Å². The SMILES string of the molecule is CCOc1cc(N2CCC(C(=O)N3CCN(Cc4ccc(N(C(=N)c5cc(C(C)C)c(O)cc5O)C(N)=O)cc4)CC3)CC2)ccc1N(C)c1ncc2c(n1)N(C)c1ccccc1C(=O)N2C. The zero-order valence-corrected chi connectivity index (χ0v) is 38.9. The number of amides is 4. The summed E-state index contributed by atoms with van der Waals surface area (Å²) in [5, 5.41) is 29.6. The maximum absolute atomic E-state index is 13.8. The van der Waals surface area contributed by atoms with Gasteiger partial charge in [0.15, 0.2) is 5.82 Å². The highest BCUT2D eigenvalue weighted by atomic mass is 16.5. The molecule has 0 aliphatic carbocycles. The van der Waals surface area contributed by atoms with E-state index in [2.05, 4.69) is 20.9 Å². The second kappa shape index (κ2) is 19.2. The Morgan fingerprint density at radius 2 is 1.60 bits per heavy atom. The van der Waals surface area contributed by atoms with Crippen LogP contribution in [0.1, 0.15) is 66.6 Å². The molecular weight excluding hydrogens is 851 g/mol. The van der Waals surface area contributed by atoms with Gasteiger partial charge in [0.1, 0.15) is 28.8 Å². The number of para-hydroxylation sites is 1. The lowest BCUT2D eigenvalue weighted by molar-refractivity contribution is -0.138. The van der Waals surface area contributed by atoms with Crippen LogP contribution in [0.3, 0.4) is 0 Å². The Balaban J connectivity index is 0.854. The minimum Gasteiger partial charge on any atom is -0.508 e. The number of rotatable bonds is 11. The van der Waals surface area contributed by atoms with E-state index in [-0.39, 0.29) is 46.5 Å². The fraction of sp³-hybridized carbons (Fsp3) is 0.360. The van der Waals surface area contributed by atoms with Crippen LogP contribution in [0.15, 0.2) is 85.1 Å². The number of primary amides is 1. The Bertz CT molecular complexity index is 2680. The molecule has 0 bridgehead atoms. The third kappa shape index (κ3) is 9.23. The van der Waals surface area contributed by atoms with Crippen molar-refractivity contribution in [1.82, 2.24) is 19.8 Å². The average molecular weight is 910 g/mol. The first-order valence-electron chi connectivity index (χ1n) is 22.7. The van der Waals surface area contributed by atoms with Gasteiger partial charge in [-0.3, -0.25) is 19.9 Å². The number of piperazine rings is 1. The number of nitrogens with one attached hydrogen (secondary N) is 1. The van der Waals surface area contributed by atoms with Crippen molar-refractivity contribution in [1.29, 1.82) is 5.41 Å². The van der Waals surface area contributed by atoms with Gasteiger partial charge in [0, 0.05) is 90.7 Å². The fourth-order valence-corrected chi connectivity index (χ4v) is 9.22. The lowest BCUT2D eigenvalue weighted by Gasteiger charge is -2.39. The van der Waals surface area contributed by atoms with Crippen molar-refractivity contribution in [3.8, 4) is 17.2 Å². The topological polar surface area (TPSA) is 199 Å². The van der Waals surface area contributed by atoms with E-state index in [1.54, 1.807) is 30.3 Å². The summed E-state index contributed by atoms with van der Waals surface area (Å²) < 4.78 is 6.20. The molecule has 17 heteroatoms. The Morgan fingerprint density at radius 1 is 0.896 bits per heavy atom. The van der Waals surface area contributed by atoms with Crippen molar-refractivity contribution in [2.45, 2.75) is 46.1 Å². The molecule has 2 saturated heterocycles. The van der Waals surface area contributed by atoms with E-state index in [4.69, 9.17) is 20.9 Å². The number of aromatic nitrogens is 2.